The maximum atomic E-state index is 13.6. The number of aromatic nitrogens is 1. The lowest BCUT2D eigenvalue weighted by atomic mass is 9.91. The molecule has 1 atom stereocenters. The third-order valence-electron chi connectivity index (χ3n) is 5.59. The molecule has 1 heterocycles. The molecular weight excluding hydrogens is 356 g/mol. The Morgan fingerprint density at radius 1 is 1.04 bits per heavy atom. The molecule has 0 saturated heterocycles. The van der Waals surface area contributed by atoms with E-state index in [1.54, 1.807) is 16.1 Å². The van der Waals surface area contributed by atoms with E-state index in [1.165, 1.54) is 0 Å². The zero-order chi connectivity index (χ0) is 19.4. The molecular formula is C22H26N2O2S. The van der Waals surface area contributed by atoms with Crippen LogP contribution in [0.25, 0.3) is 10.9 Å². The van der Waals surface area contributed by atoms with Crippen LogP contribution in [0.2, 0.25) is 0 Å². The summed E-state index contributed by atoms with van der Waals surface area (Å²) < 4.78 is 28.7. The van der Waals surface area contributed by atoms with Crippen molar-refractivity contribution < 1.29 is 8.42 Å². The number of rotatable bonds is 2. The van der Waals surface area contributed by atoms with Crippen LogP contribution in [0.5, 0.6) is 0 Å². The fourth-order valence-electron chi connectivity index (χ4n) is 4.18. The van der Waals surface area contributed by atoms with Crippen molar-refractivity contribution in [3.63, 3.8) is 0 Å². The van der Waals surface area contributed by atoms with Crippen LogP contribution in [-0.4, -0.2) is 17.9 Å². The van der Waals surface area contributed by atoms with E-state index in [9.17, 15) is 8.42 Å². The topological polar surface area (TPSA) is 65.1 Å². The molecule has 5 heteroatoms. The molecule has 4 nitrogen and oxygen atoms in total. The van der Waals surface area contributed by atoms with Gasteiger partial charge in [0.2, 0.25) is 0 Å². The molecule has 0 radical (unpaired) electrons. The highest BCUT2D eigenvalue weighted by atomic mass is 32.2. The molecule has 1 unspecified atom stereocenters. The summed E-state index contributed by atoms with van der Waals surface area (Å²) in [6.07, 6.45) is 3.19. The number of benzene rings is 2. The first-order chi connectivity index (χ1) is 12.7. The second-order valence-corrected chi connectivity index (χ2v) is 10.00. The van der Waals surface area contributed by atoms with Gasteiger partial charge in [-0.05, 0) is 76.3 Å². The van der Waals surface area contributed by atoms with Gasteiger partial charge in [-0.3, -0.25) is 0 Å². The highest BCUT2D eigenvalue weighted by molar-refractivity contribution is 7.90. The van der Waals surface area contributed by atoms with Gasteiger partial charge < -0.3 is 5.73 Å². The summed E-state index contributed by atoms with van der Waals surface area (Å²) in [5, 5.41) is 1.01. The number of hydrogen-bond donors (Lipinski definition) is 1. The van der Waals surface area contributed by atoms with Gasteiger partial charge in [0.1, 0.15) is 0 Å². The van der Waals surface area contributed by atoms with Crippen molar-refractivity contribution in [3.05, 3.63) is 64.8 Å². The Morgan fingerprint density at radius 2 is 1.70 bits per heavy atom. The van der Waals surface area contributed by atoms with E-state index in [-0.39, 0.29) is 5.54 Å². The first-order valence-corrected chi connectivity index (χ1v) is 10.9. The van der Waals surface area contributed by atoms with Gasteiger partial charge >= 0.3 is 0 Å². The van der Waals surface area contributed by atoms with Crippen LogP contribution < -0.4 is 5.73 Å². The van der Waals surface area contributed by atoms with E-state index in [4.69, 9.17) is 5.73 Å². The Bertz CT molecular complexity index is 1120. The Morgan fingerprint density at radius 3 is 2.41 bits per heavy atom. The van der Waals surface area contributed by atoms with Crippen LogP contribution in [0.1, 0.15) is 42.1 Å². The average Bonchev–Trinajstić information content (AvgIpc) is 2.78. The first kappa shape index (κ1) is 18.3. The first-order valence-electron chi connectivity index (χ1n) is 9.43. The van der Waals surface area contributed by atoms with Crippen molar-refractivity contribution >= 4 is 20.9 Å². The summed E-state index contributed by atoms with van der Waals surface area (Å²) in [6, 6.07) is 13.1. The third-order valence-corrected chi connectivity index (χ3v) is 7.36. The normalized spacial score (nSPS) is 20.4. The van der Waals surface area contributed by atoms with Gasteiger partial charge in [0.05, 0.1) is 10.4 Å². The van der Waals surface area contributed by atoms with E-state index in [1.807, 2.05) is 38.1 Å². The smallest absolute Gasteiger partial charge is 0.268 e. The Labute approximate surface area is 161 Å². The van der Waals surface area contributed by atoms with Crippen molar-refractivity contribution in [2.75, 3.05) is 0 Å². The standard InChI is InChI=1S/C22H26N2O2S/c1-15-6-9-17(10-7-15)27(25,26)24-20-5-4-12-22(3,23)14-19(20)18-13-16(2)8-11-21(18)24/h6-11,13H,4-5,12,14,23H2,1-3H3. The Balaban J connectivity index is 2.04. The number of fused-ring (bicyclic) bond motifs is 3. The maximum Gasteiger partial charge on any atom is 0.268 e. The summed E-state index contributed by atoms with van der Waals surface area (Å²) in [5.74, 6) is 0. The molecule has 3 aromatic rings. The van der Waals surface area contributed by atoms with Crippen LogP contribution in [0.4, 0.5) is 0 Å². The summed E-state index contributed by atoms with van der Waals surface area (Å²) in [6.45, 7) is 6.06. The molecule has 0 bridgehead atoms. The lowest BCUT2D eigenvalue weighted by Gasteiger charge is -2.22. The minimum Gasteiger partial charge on any atom is -0.325 e. The second-order valence-electron chi connectivity index (χ2n) is 8.21. The molecule has 0 spiro atoms. The van der Waals surface area contributed by atoms with Crippen LogP contribution in [0.15, 0.2) is 47.4 Å². The number of nitrogens with zero attached hydrogens (tertiary/aromatic N) is 1. The highest BCUT2D eigenvalue weighted by Crippen LogP contribution is 2.36. The van der Waals surface area contributed by atoms with Crippen LogP contribution in [-0.2, 0) is 22.9 Å². The summed E-state index contributed by atoms with van der Waals surface area (Å²) in [7, 11) is -3.67. The van der Waals surface area contributed by atoms with Gasteiger partial charge in [0, 0.05) is 16.6 Å². The molecule has 4 rings (SSSR count). The van der Waals surface area contributed by atoms with Gasteiger partial charge in [0.25, 0.3) is 10.0 Å². The van der Waals surface area contributed by atoms with Gasteiger partial charge in [-0.2, -0.15) is 0 Å². The van der Waals surface area contributed by atoms with Crippen LogP contribution in [0.3, 0.4) is 0 Å². The molecule has 1 aliphatic carbocycles. The number of aryl methyl sites for hydroxylation is 2. The summed E-state index contributed by atoms with van der Waals surface area (Å²) in [5.41, 5.74) is 11.1. The summed E-state index contributed by atoms with van der Waals surface area (Å²) >= 11 is 0. The summed E-state index contributed by atoms with van der Waals surface area (Å²) in [4.78, 5) is 0.327. The minimum absolute atomic E-state index is 0.318. The predicted molar refractivity (Wildman–Crippen MR) is 110 cm³/mol. The predicted octanol–water partition coefficient (Wildman–Crippen LogP) is 4.09. The van der Waals surface area contributed by atoms with E-state index in [2.05, 4.69) is 13.0 Å². The van der Waals surface area contributed by atoms with Crippen molar-refractivity contribution in [1.29, 1.82) is 0 Å². The lowest BCUT2D eigenvalue weighted by Crippen LogP contribution is -2.37. The van der Waals surface area contributed by atoms with E-state index in [0.717, 1.165) is 52.5 Å². The molecule has 1 aliphatic rings. The van der Waals surface area contributed by atoms with E-state index >= 15 is 0 Å². The molecule has 0 amide bonds. The number of nitrogens with two attached hydrogens (primary N) is 1. The van der Waals surface area contributed by atoms with Crippen molar-refractivity contribution in [2.24, 2.45) is 5.73 Å². The molecule has 1 aromatic heterocycles. The number of hydrogen-bond acceptors (Lipinski definition) is 3. The van der Waals surface area contributed by atoms with Crippen molar-refractivity contribution in [3.8, 4) is 0 Å². The quantitative estimate of drug-likeness (QED) is 0.679. The second kappa shape index (κ2) is 6.21. The molecule has 2 N–H and O–H groups in total. The molecule has 0 aliphatic heterocycles. The Kier molecular flexibility index (Phi) is 4.20. The van der Waals surface area contributed by atoms with Gasteiger partial charge in [0.15, 0.2) is 0 Å². The fourth-order valence-corrected chi connectivity index (χ4v) is 5.78. The fraction of sp³-hybridized carbons (Fsp3) is 0.364. The van der Waals surface area contributed by atoms with Crippen molar-refractivity contribution in [2.45, 2.75) is 56.9 Å². The van der Waals surface area contributed by atoms with E-state index < -0.39 is 10.0 Å². The van der Waals surface area contributed by atoms with Crippen LogP contribution in [0, 0.1) is 13.8 Å². The third kappa shape index (κ3) is 3.09. The molecule has 142 valence electrons. The average molecular weight is 383 g/mol. The lowest BCUT2D eigenvalue weighted by molar-refractivity contribution is 0.429. The van der Waals surface area contributed by atoms with Gasteiger partial charge in [-0.1, -0.05) is 29.3 Å². The monoisotopic (exact) mass is 382 g/mol. The van der Waals surface area contributed by atoms with Crippen LogP contribution >= 0.6 is 0 Å². The zero-order valence-electron chi connectivity index (χ0n) is 16.1. The molecule has 27 heavy (non-hydrogen) atoms. The Hall–Kier alpha value is -2.11. The molecule has 0 saturated carbocycles. The maximum absolute atomic E-state index is 13.6. The highest BCUT2D eigenvalue weighted by Gasteiger charge is 2.32. The molecule has 2 aromatic carbocycles. The van der Waals surface area contributed by atoms with Gasteiger partial charge in [-0.25, -0.2) is 12.4 Å². The van der Waals surface area contributed by atoms with Crippen molar-refractivity contribution in [1.82, 2.24) is 3.97 Å². The largest absolute Gasteiger partial charge is 0.325 e. The zero-order valence-corrected chi connectivity index (χ0v) is 16.9. The SMILES string of the molecule is Cc1ccc(S(=O)(=O)n2c3c(c4cc(C)ccc42)CC(C)(N)CCC3)cc1. The van der Waals surface area contributed by atoms with Gasteiger partial charge in [-0.15, -0.1) is 0 Å². The van der Waals surface area contributed by atoms with E-state index in [0.29, 0.717) is 11.3 Å². The minimum atomic E-state index is -3.67. The molecule has 0 fully saturated rings.